The Balaban J connectivity index is 2.54. The van der Waals surface area contributed by atoms with Crippen LogP contribution in [0.15, 0.2) is 0 Å². The average Bonchev–Trinajstić information content (AvgIpc) is 2.15. The minimum absolute atomic E-state index is 0.0314. The fraction of sp³-hybridized carbons (Fsp3) is 0.875. The Bertz CT molecular complexity index is 174. The lowest BCUT2D eigenvalue weighted by molar-refractivity contribution is -0.128. The number of hydrogen-bond donors (Lipinski definition) is 1. The molecule has 1 rings (SSSR count). The summed E-state index contributed by atoms with van der Waals surface area (Å²) in [6, 6.07) is 0. The highest BCUT2D eigenvalue weighted by Crippen LogP contribution is 2.17. The van der Waals surface area contributed by atoms with E-state index in [1.807, 2.05) is 0 Å². The molecule has 0 bridgehead atoms. The zero-order valence-corrected chi connectivity index (χ0v) is 8.75. The number of carbonyl (C=O) groups excluding carboxylic acids is 1. The molecule has 0 aromatic heterocycles. The molecule has 0 aliphatic carbocycles. The van der Waals surface area contributed by atoms with Gasteiger partial charge in [0.15, 0.2) is 0 Å². The molecule has 1 N–H and O–H groups in total. The zero-order chi connectivity index (χ0) is 9.14. The molecule has 1 saturated heterocycles. The number of aliphatic hydroxyl groups is 1. The third kappa shape index (κ3) is 2.45. The van der Waals surface area contributed by atoms with E-state index in [1.165, 1.54) is 0 Å². The highest BCUT2D eigenvalue weighted by Gasteiger charge is 2.24. The van der Waals surface area contributed by atoms with Crippen molar-refractivity contribution in [3.63, 3.8) is 0 Å². The summed E-state index contributed by atoms with van der Waals surface area (Å²) in [7, 11) is 0. The summed E-state index contributed by atoms with van der Waals surface area (Å²) in [5.74, 6) is 0.0913. The van der Waals surface area contributed by atoms with Crippen molar-refractivity contribution in [1.82, 2.24) is 4.90 Å². The first kappa shape index (κ1) is 9.99. The molecule has 4 heteroatoms. The van der Waals surface area contributed by atoms with Crippen LogP contribution in [-0.4, -0.2) is 39.9 Å². The highest BCUT2D eigenvalue weighted by atomic mass is 79.9. The molecule has 0 spiro atoms. The molecule has 0 aromatic carbocycles. The van der Waals surface area contributed by atoms with E-state index in [-0.39, 0.29) is 16.8 Å². The van der Waals surface area contributed by atoms with Gasteiger partial charge in [0.25, 0.3) is 0 Å². The van der Waals surface area contributed by atoms with Gasteiger partial charge in [-0.2, -0.15) is 0 Å². The summed E-state index contributed by atoms with van der Waals surface area (Å²) in [6.07, 6.45) is 1.36. The van der Waals surface area contributed by atoms with Gasteiger partial charge in [-0.25, -0.2) is 0 Å². The van der Waals surface area contributed by atoms with Gasteiger partial charge in [0.05, 0.1) is 10.9 Å². The maximum Gasteiger partial charge on any atom is 0.219 e. The summed E-state index contributed by atoms with van der Waals surface area (Å²) >= 11 is 3.37. The maximum absolute atomic E-state index is 11.0. The number of amides is 1. The van der Waals surface area contributed by atoms with Gasteiger partial charge in [0, 0.05) is 20.0 Å². The monoisotopic (exact) mass is 235 g/mol. The molecule has 2 unspecified atom stereocenters. The Morgan fingerprint density at radius 2 is 2.33 bits per heavy atom. The summed E-state index contributed by atoms with van der Waals surface area (Å²) in [5, 5.41) is 9.47. The lowest BCUT2D eigenvalue weighted by Gasteiger charge is -2.21. The maximum atomic E-state index is 11.0. The quantitative estimate of drug-likeness (QED) is 0.630. The summed E-state index contributed by atoms with van der Waals surface area (Å²) in [4.78, 5) is 12.8. The van der Waals surface area contributed by atoms with Crippen LogP contribution in [-0.2, 0) is 4.79 Å². The molecule has 12 heavy (non-hydrogen) atoms. The van der Waals surface area contributed by atoms with Gasteiger partial charge in [-0.3, -0.25) is 4.79 Å². The number of aliphatic hydroxyl groups excluding tert-OH is 1. The molecule has 0 saturated carbocycles. The van der Waals surface area contributed by atoms with Gasteiger partial charge < -0.3 is 10.0 Å². The van der Waals surface area contributed by atoms with Crippen molar-refractivity contribution in [3.8, 4) is 0 Å². The minimum Gasteiger partial charge on any atom is -0.392 e. The number of likely N-dealkylation sites (tertiary alicyclic amines) is 1. The lowest BCUT2D eigenvalue weighted by Crippen LogP contribution is -2.35. The van der Waals surface area contributed by atoms with Gasteiger partial charge in [0.2, 0.25) is 5.91 Å². The Labute approximate surface area is 80.9 Å². The predicted molar refractivity (Wildman–Crippen MR) is 50.2 cm³/mol. The highest BCUT2D eigenvalue weighted by molar-refractivity contribution is 9.09. The van der Waals surface area contributed by atoms with Gasteiger partial charge in [0.1, 0.15) is 0 Å². The molecule has 1 amide bonds. The Morgan fingerprint density at radius 1 is 1.67 bits per heavy atom. The van der Waals surface area contributed by atoms with Crippen LogP contribution in [0.5, 0.6) is 0 Å². The summed E-state index contributed by atoms with van der Waals surface area (Å²) < 4.78 is 0. The fourth-order valence-electron chi connectivity index (χ4n) is 1.38. The van der Waals surface area contributed by atoms with Crippen molar-refractivity contribution in [1.29, 1.82) is 0 Å². The molecule has 0 aromatic rings. The van der Waals surface area contributed by atoms with E-state index in [0.29, 0.717) is 6.54 Å². The van der Waals surface area contributed by atoms with E-state index in [9.17, 15) is 9.90 Å². The molecular weight excluding hydrogens is 222 g/mol. The molecule has 1 heterocycles. The molecule has 0 radical (unpaired) electrons. The lowest BCUT2D eigenvalue weighted by atomic mass is 10.2. The predicted octanol–water partition coefficient (Wildman–Crippen LogP) is 0.753. The van der Waals surface area contributed by atoms with Gasteiger partial charge >= 0.3 is 0 Å². The Hall–Kier alpha value is -0.0900. The van der Waals surface area contributed by atoms with Crippen molar-refractivity contribution in [3.05, 3.63) is 0 Å². The van der Waals surface area contributed by atoms with Crippen molar-refractivity contribution >= 4 is 21.8 Å². The van der Waals surface area contributed by atoms with E-state index < -0.39 is 0 Å². The van der Waals surface area contributed by atoms with Crippen molar-refractivity contribution in [2.75, 3.05) is 13.1 Å². The van der Waals surface area contributed by atoms with Crippen molar-refractivity contribution in [2.45, 2.75) is 30.7 Å². The molecule has 1 aliphatic heterocycles. The van der Waals surface area contributed by atoms with Gasteiger partial charge in [-0.05, 0) is 12.8 Å². The standard InChI is InChI=1S/C8H14BrNO2/c1-6(11)10-4-2-3-8(12)7(9)5-10/h7-8,12H,2-5H2,1H3. The van der Waals surface area contributed by atoms with Crippen LogP contribution < -0.4 is 0 Å². The van der Waals surface area contributed by atoms with E-state index in [4.69, 9.17) is 0 Å². The first-order chi connectivity index (χ1) is 5.61. The van der Waals surface area contributed by atoms with Crippen molar-refractivity contribution < 1.29 is 9.90 Å². The number of hydrogen-bond acceptors (Lipinski definition) is 2. The Morgan fingerprint density at radius 3 is 2.92 bits per heavy atom. The summed E-state index contributed by atoms with van der Waals surface area (Å²) in [6.45, 7) is 2.96. The van der Waals surface area contributed by atoms with Crippen LogP contribution in [0.25, 0.3) is 0 Å². The van der Waals surface area contributed by atoms with Gasteiger partial charge in [-0.1, -0.05) is 15.9 Å². The minimum atomic E-state index is -0.311. The number of rotatable bonds is 0. The van der Waals surface area contributed by atoms with E-state index >= 15 is 0 Å². The number of nitrogens with zero attached hydrogens (tertiary/aromatic N) is 1. The molecule has 1 fully saturated rings. The topological polar surface area (TPSA) is 40.5 Å². The van der Waals surface area contributed by atoms with Crippen LogP contribution >= 0.6 is 15.9 Å². The normalized spacial score (nSPS) is 31.4. The first-order valence-corrected chi connectivity index (χ1v) is 5.10. The van der Waals surface area contributed by atoms with Crippen LogP contribution in [0.4, 0.5) is 0 Å². The molecular formula is C8H14BrNO2. The van der Waals surface area contributed by atoms with Crippen LogP contribution in [0.3, 0.4) is 0 Å². The van der Waals surface area contributed by atoms with Crippen LogP contribution in [0.1, 0.15) is 19.8 Å². The van der Waals surface area contributed by atoms with Gasteiger partial charge in [-0.15, -0.1) is 0 Å². The third-order valence-electron chi connectivity index (χ3n) is 2.19. The van der Waals surface area contributed by atoms with E-state index in [2.05, 4.69) is 15.9 Å². The second kappa shape index (κ2) is 4.23. The summed E-state index contributed by atoms with van der Waals surface area (Å²) in [5.41, 5.74) is 0. The Kier molecular flexibility index (Phi) is 3.53. The van der Waals surface area contributed by atoms with Crippen LogP contribution in [0, 0.1) is 0 Å². The largest absolute Gasteiger partial charge is 0.392 e. The average molecular weight is 236 g/mol. The second-order valence-electron chi connectivity index (χ2n) is 3.19. The number of halogens is 1. The zero-order valence-electron chi connectivity index (χ0n) is 7.16. The fourth-order valence-corrected chi connectivity index (χ4v) is 2.00. The smallest absolute Gasteiger partial charge is 0.219 e. The first-order valence-electron chi connectivity index (χ1n) is 4.19. The third-order valence-corrected chi connectivity index (χ3v) is 3.09. The molecule has 70 valence electrons. The molecule has 1 aliphatic rings. The molecule has 2 atom stereocenters. The van der Waals surface area contributed by atoms with Crippen LogP contribution in [0.2, 0.25) is 0 Å². The SMILES string of the molecule is CC(=O)N1CCCC(O)C(Br)C1. The number of alkyl halides is 1. The number of carbonyl (C=O) groups is 1. The second-order valence-corrected chi connectivity index (χ2v) is 4.37. The van der Waals surface area contributed by atoms with E-state index in [1.54, 1.807) is 11.8 Å². The molecule has 3 nitrogen and oxygen atoms in total. The van der Waals surface area contributed by atoms with Crippen molar-refractivity contribution in [2.24, 2.45) is 0 Å². The van der Waals surface area contributed by atoms with E-state index in [0.717, 1.165) is 19.4 Å².